The molecule has 1 aromatic heterocycles. The lowest BCUT2D eigenvalue weighted by atomic mass is 9.74. The molecule has 1 saturated carbocycles. The summed E-state index contributed by atoms with van der Waals surface area (Å²) in [5.74, 6) is 0.670. The fourth-order valence-electron chi connectivity index (χ4n) is 6.20. The van der Waals surface area contributed by atoms with E-state index in [-0.39, 0.29) is 11.8 Å². The highest BCUT2D eigenvalue weighted by Crippen LogP contribution is 2.59. The van der Waals surface area contributed by atoms with Crippen LogP contribution in [0.1, 0.15) is 78.3 Å². The number of hydrogen-bond donors (Lipinski definition) is 5. The van der Waals surface area contributed by atoms with Crippen molar-refractivity contribution >= 4 is 29.9 Å². The Morgan fingerprint density at radius 2 is 1.89 bits per heavy atom. The van der Waals surface area contributed by atoms with E-state index in [2.05, 4.69) is 97.0 Å². The van der Waals surface area contributed by atoms with Crippen LogP contribution in [-0.2, 0) is 4.79 Å². The number of nitrogens with zero attached hydrogens (tertiary/aromatic N) is 1. The minimum Gasteiger partial charge on any atom is -0.372 e. The van der Waals surface area contributed by atoms with Gasteiger partial charge in [0.05, 0.1) is 0 Å². The molecule has 7 heteroatoms. The summed E-state index contributed by atoms with van der Waals surface area (Å²) in [4.78, 5) is 9.62. The van der Waals surface area contributed by atoms with Crippen LogP contribution >= 0.6 is 12.6 Å². The number of aryl methyl sites for hydroxylation is 1. The molecule has 3 aliphatic rings. The van der Waals surface area contributed by atoms with Crippen molar-refractivity contribution in [1.82, 2.24) is 20.5 Å². The predicted octanol–water partition coefficient (Wildman–Crippen LogP) is 5.57. The lowest BCUT2D eigenvalue weighted by molar-refractivity contribution is -0.106. The molecule has 2 bridgehead atoms. The molecule has 2 fully saturated rings. The van der Waals surface area contributed by atoms with Gasteiger partial charge in [-0.3, -0.25) is 4.79 Å². The third-order valence-corrected chi connectivity index (χ3v) is 8.41. The van der Waals surface area contributed by atoms with E-state index in [0.717, 1.165) is 18.1 Å². The molecule has 2 aromatic rings. The zero-order valence-electron chi connectivity index (χ0n) is 23.9. The molecule has 4 atom stereocenters. The van der Waals surface area contributed by atoms with Crippen LogP contribution in [0, 0.1) is 18.3 Å². The molecular weight excluding hydrogens is 478 g/mol. The summed E-state index contributed by atoms with van der Waals surface area (Å²) in [6, 6.07) is 7.59. The Bertz CT molecular complexity index is 988. The van der Waals surface area contributed by atoms with Gasteiger partial charge in [-0.2, -0.15) is 0 Å². The quantitative estimate of drug-likeness (QED) is 0.111. The summed E-state index contributed by atoms with van der Waals surface area (Å²) in [5.41, 5.74) is 8.70. The number of hydrogen-bond acceptors (Lipinski definition) is 5. The van der Waals surface area contributed by atoms with Crippen molar-refractivity contribution in [2.75, 3.05) is 26.3 Å². The number of allylic oxidation sites excluding steroid dienone is 1. The maximum absolute atomic E-state index is 8.58. The Kier molecular flexibility index (Phi) is 13.2. The number of benzene rings is 1. The molecule has 3 unspecified atom stereocenters. The molecule has 0 spiro atoms. The van der Waals surface area contributed by atoms with Crippen LogP contribution in [-0.4, -0.2) is 43.3 Å². The molecule has 2 aliphatic carbocycles. The maximum Gasteiger partial charge on any atom is 0.204 e. The molecule has 1 saturated heterocycles. The van der Waals surface area contributed by atoms with Crippen LogP contribution < -0.4 is 21.7 Å². The number of rotatable bonds is 6. The minimum absolute atomic E-state index is 0.250. The molecule has 1 aromatic carbocycles. The van der Waals surface area contributed by atoms with Crippen molar-refractivity contribution in [3.8, 4) is 0 Å². The molecule has 208 valence electrons. The molecule has 2 heterocycles. The highest BCUT2D eigenvalue weighted by Gasteiger charge is 2.53. The van der Waals surface area contributed by atoms with Gasteiger partial charge in [0.15, 0.2) is 0 Å². The van der Waals surface area contributed by atoms with Crippen molar-refractivity contribution in [1.29, 1.82) is 0 Å². The third kappa shape index (κ3) is 7.62. The van der Waals surface area contributed by atoms with Gasteiger partial charge in [-0.05, 0) is 95.8 Å². The highest BCUT2D eigenvalue weighted by molar-refractivity contribution is 7.80. The average molecular weight is 530 g/mol. The monoisotopic (exact) mass is 529 g/mol. The summed E-state index contributed by atoms with van der Waals surface area (Å²) < 4.78 is 2.52. The van der Waals surface area contributed by atoms with E-state index < -0.39 is 0 Å². The van der Waals surface area contributed by atoms with Crippen LogP contribution in [0.3, 0.4) is 0 Å². The first-order chi connectivity index (χ1) is 17.9. The second kappa shape index (κ2) is 15.6. The van der Waals surface area contributed by atoms with E-state index in [0.29, 0.717) is 18.0 Å². The Hall–Kier alpha value is -1.80. The Balaban J connectivity index is 0.000000370. The molecule has 0 radical (unpaired) electrons. The highest BCUT2D eigenvalue weighted by atomic mass is 32.1. The van der Waals surface area contributed by atoms with Crippen LogP contribution in [0.25, 0.3) is 10.9 Å². The van der Waals surface area contributed by atoms with Crippen molar-refractivity contribution < 1.29 is 4.79 Å². The summed E-state index contributed by atoms with van der Waals surface area (Å²) in [5, 5.41) is 11.8. The molecule has 1 aliphatic heterocycles. The molecular formula is C30H51N5OS. The minimum atomic E-state index is 0.250. The number of piperidine rings is 1. The normalized spacial score (nSPS) is 24.6. The topological polar surface area (TPSA) is 84.1 Å². The number of amides is 1. The standard InChI is InChI=1S/C22H31N3S.C5H11N.C2H6.CH3NO/c1-5-23-13-24-20-11-22(10-17(20)8-15(22)3)16(4)25-12-14(2)19-9-18(26)6-7-21(19)25;1-2-4-6-5-3-1;1-2;2-1-3/h6-9,12,16-17,20,23-24,26H,5,10-11,13H2,1-4H3;6H,1-5H2;1-2H3;1H,(H2,2,3)/t16?,17?,20?,22-;;;/m0.../s1. The number of carbonyl (C=O) groups is 1. The molecule has 5 N–H and O–H groups in total. The summed E-state index contributed by atoms with van der Waals surface area (Å²) in [6.07, 6.45) is 11.8. The summed E-state index contributed by atoms with van der Waals surface area (Å²) in [7, 11) is 0. The van der Waals surface area contributed by atoms with E-state index in [1.54, 1.807) is 5.57 Å². The third-order valence-electron chi connectivity index (χ3n) is 8.13. The Morgan fingerprint density at radius 1 is 1.22 bits per heavy atom. The van der Waals surface area contributed by atoms with Gasteiger partial charge in [0.2, 0.25) is 6.41 Å². The Labute approximate surface area is 230 Å². The van der Waals surface area contributed by atoms with Gasteiger partial charge in [-0.15, -0.1) is 12.6 Å². The molecule has 5 rings (SSSR count). The van der Waals surface area contributed by atoms with Crippen molar-refractivity contribution in [2.24, 2.45) is 17.1 Å². The number of nitrogens with one attached hydrogen (secondary N) is 3. The van der Waals surface area contributed by atoms with Gasteiger partial charge in [-0.1, -0.05) is 38.8 Å². The first-order valence-electron chi connectivity index (χ1n) is 14.2. The maximum atomic E-state index is 8.58. The van der Waals surface area contributed by atoms with Gasteiger partial charge in [0, 0.05) is 46.2 Å². The molecule has 37 heavy (non-hydrogen) atoms. The fourth-order valence-corrected chi connectivity index (χ4v) is 6.40. The van der Waals surface area contributed by atoms with Crippen molar-refractivity contribution in [3.63, 3.8) is 0 Å². The smallest absolute Gasteiger partial charge is 0.204 e. The zero-order chi connectivity index (χ0) is 27.4. The van der Waals surface area contributed by atoms with E-state index in [9.17, 15) is 0 Å². The van der Waals surface area contributed by atoms with Crippen molar-refractivity contribution in [3.05, 3.63) is 41.6 Å². The number of aromatic nitrogens is 1. The van der Waals surface area contributed by atoms with Crippen LogP contribution in [0.2, 0.25) is 0 Å². The van der Waals surface area contributed by atoms with E-state index in [1.807, 2.05) is 13.8 Å². The van der Waals surface area contributed by atoms with Crippen molar-refractivity contribution in [2.45, 2.75) is 90.6 Å². The SMILES string of the molecule is C1CCNCC1.CC.CCNCNC1C[C@@]2(C(C)n3cc(C)c4cc(S)ccc43)CC1C=C2C.NC=O. The summed E-state index contributed by atoms with van der Waals surface area (Å²) in [6.45, 7) is 17.6. The number of fused-ring (bicyclic) bond motifs is 3. The van der Waals surface area contributed by atoms with Gasteiger partial charge in [0.1, 0.15) is 0 Å². The van der Waals surface area contributed by atoms with Gasteiger partial charge in [-0.25, -0.2) is 0 Å². The van der Waals surface area contributed by atoms with Crippen LogP contribution in [0.15, 0.2) is 40.9 Å². The number of primary amides is 1. The van der Waals surface area contributed by atoms with Gasteiger partial charge < -0.3 is 26.3 Å². The van der Waals surface area contributed by atoms with Crippen LogP contribution in [0.4, 0.5) is 0 Å². The predicted molar refractivity (Wildman–Crippen MR) is 161 cm³/mol. The van der Waals surface area contributed by atoms with E-state index in [4.69, 9.17) is 4.79 Å². The lowest BCUT2D eigenvalue weighted by Crippen LogP contribution is -2.41. The number of thiol groups is 1. The average Bonchev–Trinajstić information content (AvgIpc) is 3.56. The van der Waals surface area contributed by atoms with E-state index >= 15 is 0 Å². The summed E-state index contributed by atoms with van der Waals surface area (Å²) >= 11 is 4.53. The van der Waals surface area contributed by atoms with Gasteiger partial charge >= 0.3 is 0 Å². The Morgan fingerprint density at radius 3 is 2.46 bits per heavy atom. The first kappa shape index (κ1) is 31.4. The second-order valence-corrected chi connectivity index (χ2v) is 10.7. The van der Waals surface area contributed by atoms with Gasteiger partial charge in [0.25, 0.3) is 0 Å². The number of nitrogens with two attached hydrogens (primary N) is 1. The second-order valence-electron chi connectivity index (χ2n) is 10.2. The molecule has 1 amide bonds. The number of carbonyl (C=O) groups excluding carboxylic acids is 1. The van der Waals surface area contributed by atoms with Crippen LogP contribution in [0.5, 0.6) is 0 Å². The van der Waals surface area contributed by atoms with E-state index in [1.165, 1.54) is 61.7 Å². The lowest BCUT2D eigenvalue weighted by Gasteiger charge is -2.38. The fraction of sp³-hybridized carbons (Fsp3) is 0.633. The zero-order valence-corrected chi connectivity index (χ0v) is 24.8. The largest absolute Gasteiger partial charge is 0.372 e. The first-order valence-corrected chi connectivity index (χ1v) is 14.6. The molecule has 6 nitrogen and oxygen atoms in total.